The molecule has 4 heteroatoms. The van der Waals surface area contributed by atoms with Gasteiger partial charge >= 0.3 is 5.69 Å². The van der Waals surface area contributed by atoms with Gasteiger partial charge in [-0.3, -0.25) is 0 Å². The van der Waals surface area contributed by atoms with Crippen LogP contribution in [0.5, 0.6) is 0 Å². The number of aromatic nitrogens is 2. The summed E-state index contributed by atoms with van der Waals surface area (Å²) in [7, 11) is 0. The van der Waals surface area contributed by atoms with Gasteiger partial charge in [-0.1, -0.05) is 0 Å². The first-order chi connectivity index (χ1) is 3.72. The molecule has 0 aromatic carbocycles. The smallest absolute Gasteiger partial charge is 0.335 e. The predicted molar refractivity (Wildman–Crippen MR) is 29.9 cm³/mol. The van der Waals surface area contributed by atoms with Gasteiger partial charge in [0.2, 0.25) is 0 Å². The van der Waals surface area contributed by atoms with Crippen molar-refractivity contribution in [3.05, 3.63) is 22.4 Å². The van der Waals surface area contributed by atoms with Crippen LogP contribution in [0.25, 0.3) is 0 Å². The molecule has 1 rings (SSSR count). The molecule has 4 nitrogen and oxygen atoms in total. The average molecular weight is 113 g/mol. The molecule has 0 fully saturated rings. The van der Waals surface area contributed by atoms with Crippen molar-refractivity contribution in [1.82, 2.24) is 9.66 Å². The maximum Gasteiger partial charge on any atom is 0.344 e. The van der Waals surface area contributed by atoms with Gasteiger partial charge in [-0.2, -0.15) is 0 Å². The Labute approximate surface area is 45.9 Å². The van der Waals surface area contributed by atoms with Gasteiger partial charge in [0.15, 0.2) is 0 Å². The SMILES string of the molecule is Cc1c[nH]c(=O)n1N. The maximum atomic E-state index is 10.4. The lowest BCUT2D eigenvalue weighted by molar-refractivity contribution is 0.900. The monoisotopic (exact) mass is 113 g/mol. The molecule has 0 radical (unpaired) electrons. The lowest BCUT2D eigenvalue weighted by Crippen LogP contribution is -2.25. The van der Waals surface area contributed by atoms with Crippen LogP contribution in [0.4, 0.5) is 0 Å². The van der Waals surface area contributed by atoms with Crippen LogP contribution in [-0.2, 0) is 0 Å². The fourth-order valence-electron chi connectivity index (χ4n) is 0.465. The third kappa shape index (κ3) is 0.501. The van der Waals surface area contributed by atoms with Gasteiger partial charge in [0, 0.05) is 6.20 Å². The molecule has 0 amide bonds. The number of hydrogen-bond acceptors (Lipinski definition) is 2. The Kier molecular flexibility index (Phi) is 0.865. The number of nitrogens with one attached hydrogen (secondary N) is 1. The zero-order chi connectivity index (χ0) is 6.15. The van der Waals surface area contributed by atoms with Crippen molar-refractivity contribution in [2.75, 3.05) is 5.84 Å². The lowest BCUT2D eigenvalue weighted by atomic mass is 10.6. The van der Waals surface area contributed by atoms with Gasteiger partial charge in [-0.25, -0.2) is 9.47 Å². The van der Waals surface area contributed by atoms with E-state index in [1.807, 2.05) is 0 Å². The van der Waals surface area contributed by atoms with Crippen LogP contribution in [0.3, 0.4) is 0 Å². The van der Waals surface area contributed by atoms with E-state index in [1.54, 1.807) is 13.1 Å². The molecule has 3 N–H and O–H groups in total. The van der Waals surface area contributed by atoms with E-state index >= 15 is 0 Å². The normalized spacial score (nSPS) is 9.62. The summed E-state index contributed by atoms with van der Waals surface area (Å²) in [5.41, 5.74) is 0.456. The molecular weight excluding hydrogens is 106 g/mol. The highest BCUT2D eigenvalue weighted by atomic mass is 16.1. The first kappa shape index (κ1) is 4.96. The summed E-state index contributed by atoms with van der Waals surface area (Å²) in [5.74, 6) is 5.17. The third-order valence-electron chi connectivity index (χ3n) is 1.00. The van der Waals surface area contributed by atoms with E-state index in [2.05, 4.69) is 4.98 Å². The van der Waals surface area contributed by atoms with Crippen molar-refractivity contribution in [2.45, 2.75) is 6.92 Å². The Hall–Kier alpha value is -1.19. The quantitative estimate of drug-likeness (QED) is 0.432. The van der Waals surface area contributed by atoms with E-state index in [-0.39, 0.29) is 5.69 Å². The Bertz CT molecular complexity index is 234. The minimum atomic E-state index is -0.275. The second kappa shape index (κ2) is 1.40. The van der Waals surface area contributed by atoms with Crippen molar-refractivity contribution in [3.8, 4) is 0 Å². The number of H-pyrrole nitrogens is 1. The van der Waals surface area contributed by atoms with Crippen LogP contribution < -0.4 is 11.5 Å². The van der Waals surface area contributed by atoms with Crippen molar-refractivity contribution >= 4 is 0 Å². The van der Waals surface area contributed by atoms with Crippen LogP contribution in [0.15, 0.2) is 11.0 Å². The van der Waals surface area contributed by atoms with Gasteiger partial charge in [0.25, 0.3) is 0 Å². The van der Waals surface area contributed by atoms with Crippen molar-refractivity contribution in [2.24, 2.45) is 0 Å². The highest BCUT2D eigenvalue weighted by Gasteiger charge is 1.92. The molecule has 44 valence electrons. The zero-order valence-corrected chi connectivity index (χ0v) is 4.51. The van der Waals surface area contributed by atoms with Crippen LogP contribution in [0, 0.1) is 6.92 Å². The second-order valence-corrected chi connectivity index (χ2v) is 1.61. The highest BCUT2D eigenvalue weighted by molar-refractivity contribution is 4.93. The zero-order valence-electron chi connectivity index (χ0n) is 4.51. The molecule has 0 aliphatic heterocycles. The van der Waals surface area contributed by atoms with Crippen LogP contribution in [0.2, 0.25) is 0 Å². The molecule has 0 spiro atoms. The number of nitrogens with two attached hydrogens (primary N) is 1. The first-order valence-electron chi connectivity index (χ1n) is 2.24. The topological polar surface area (TPSA) is 63.8 Å². The number of aryl methyl sites for hydroxylation is 1. The largest absolute Gasteiger partial charge is 0.344 e. The van der Waals surface area contributed by atoms with E-state index in [0.29, 0.717) is 0 Å². The molecule has 0 unspecified atom stereocenters. The summed E-state index contributed by atoms with van der Waals surface area (Å²) in [6.45, 7) is 1.75. The number of rotatable bonds is 0. The molecule has 1 aromatic heterocycles. The second-order valence-electron chi connectivity index (χ2n) is 1.61. The minimum absolute atomic E-state index is 0.275. The van der Waals surface area contributed by atoms with Crippen molar-refractivity contribution in [1.29, 1.82) is 0 Å². The van der Waals surface area contributed by atoms with Gasteiger partial charge in [0.1, 0.15) is 0 Å². The van der Waals surface area contributed by atoms with E-state index in [1.165, 1.54) is 0 Å². The molecule has 1 aromatic rings. The molecule has 0 saturated carbocycles. The molecule has 0 atom stereocenters. The van der Waals surface area contributed by atoms with Crippen molar-refractivity contribution < 1.29 is 0 Å². The standard InChI is InChI=1S/C4H7N3O/c1-3-2-6-4(8)7(3)5/h2H,5H2,1H3,(H,6,8). The van der Waals surface area contributed by atoms with E-state index in [4.69, 9.17) is 5.84 Å². The Morgan fingerprint density at radius 2 is 2.50 bits per heavy atom. The number of imidazole rings is 1. The Morgan fingerprint density at radius 3 is 2.62 bits per heavy atom. The van der Waals surface area contributed by atoms with Crippen LogP contribution in [0.1, 0.15) is 5.69 Å². The van der Waals surface area contributed by atoms with E-state index in [0.717, 1.165) is 10.4 Å². The Morgan fingerprint density at radius 1 is 1.88 bits per heavy atom. The summed E-state index contributed by atoms with van der Waals surface area (Å²) in [6.07, 6.45) is 1.56. The average Bonchev–Trinajstić information content (AvgIpc) is 1.98. The summed E-state index contributed by atoms with van der Waals surface area (Å²) in [5, 5.41) is 0. The number of nitrogen functional groups attached to an aromatic ring is 1. The Balaban J connectivity index is 3.41. The highest BCUT2D eigenvalue weighted by Crippen LogP contribution is 1.81. The summed E-state index contributed by atoms with van der Waals surface area (Å²) >= 11 is 0. The number of hydrogen-bond donors (Lipinski definition) is 2. The minimum Gasteiger partial charge on any atom is -0.335 e. The molecule has 0 aliphatic carbocycles. The van der Waals surface area contributed by atoms with Gasteiger partial charge < -0.3 is 10.8 Å². The summed E-state index contributed by atoms with van der Waals surface area (Å²) in [4.78, 5) is 12.8. The fraction of sp³-hybridized carbons (Fsp3) is 0.250. The maximum absolute atomic E-state index is 10.4. The molecule has 0 aliphatic rings. The first-order valence-corrected chi connectivity index (χ1v) is 2.24. The lowest BCUT2D eigenvalue weighted by Gasteiger charge is -1.87. The summed E-state index contributed by atoms with van der Waals surface area (Å²) < 4.78 is 1.06. The number of aromatic amines is 1. The van der Waals surface area contributed by atoms with E-state index in [9.17, 15) is 4.79 Å². The van der Waals surface area contributed by atoms with E-state index < -0.39 is 0 Å². The fourth-order valence-corrected chi connectivity index (χ4v) is 0.465. The summed E-state index contributed by atoms with van der Waals surface area (Å²) in [6, 6.07) is 0. The predicted octanol–water partition coefficient (Wildman–Crippen LogP) is -0.801. The van der Waals surface area contributed by atoms with Crippen LogP contribution >= 0.6 is 0 Å². The van der Waals surface area contributed by atoms with Gasteiger partial charge in [-0.15, -0.1) is 0 Å². The molecule has 1 heterocycles. The number of nitrogens with zero attached hydrogens (tertiary/aromatic N) is 1. The third-order valence-corrected chi connectivity index (χ3v) is 1.00. The molecule has 0 saturated heterocycles. The van der Waals surface area contributed by atoms with Gasteiger partial charge in [-0.05, 0) is 6.92 Å². The van der Waals surface area contributed by atoms with Gasteiger partial charge in [0.05, 0.1) is 5.69 Å². The van der Waals surface area contributed by atoms with Crippen molar-refractivity contribution in [3.63, 3.8) is 0 Å². The molecular formula is C4H7N3O. The molecule has 8 heavy (non-hydrogen) atoms. The van der Waals surface area contributed by atoms with Crippen LogP contribution in [-0.4, -0.2) is 9.66 Å². The molecule has 0 bridgehead atoms.